The summed E-state index contributed by atoms with van der Waals surface area (Å²) in [5.41, 5.74) is 4.03. The number of aryl methyl sites for hydroxylation is 1. The second-order valence-electron chi connectivity index (χ2n) is 7.03. The predicted octanol–water partition coefficient (Wildman–Crippen LogP) is 4.62. The van der Waals surface area contributed by atoms with Crippen molar-refractivity contribution < 1.29 is 4.79 Å². The molecule has 30 heavy (non-hydrogen) atoms. The van der Waals surface area contributed by atoms with Crippen molar-refractivity contribution in [1.82, 2.24) is 20.3 Å². The number of hydrogen-bond acceptors (Lipinski definition) is 4. The Morgan fingerprint density at radius 2 is 1.90 bits per heavy atom. The summed E-state index contributed by atoms with van der Waals surface area (Å²) < 4.78 is 1.76. The van der Waals surface area contributed by atoms with Crippen LogP contribution in [0.15, 0.2) is 84.4 Å². The van der Waals surface area contributed by atoms with Crippen LogP contribution in [0.5, 0.6) is 0 Å². The molecule has 2 aromatic carbocycles. The molecule has 0 spiro atoms. The molecule has 0 saturated heterocycles. The van der Waals surface area contributed by atoms with Crippen LogP contribution in [0.2, 0.25) is 0 Å². The third-order valence-corrected chi connectivity index (χ3v) is 5.61. The van der Waals surface area contributed by atoms with E-state index in [1.54, 1.807) is 22.1 Å². The first-order valence-corrected chi connectivity index (χ1v) is 10.6. The van der Waals surface area contributed by atoms with Gasteiger partial charge in [-0.3, -0.25) is 4.79 Å². The van der Waals surface area contributed by atoms with Gasteiger partial charge in [-0.2, -0.15) is 0 Å². The second-order valence-corrected chi connectivity index (χ2v) is 8.01. The fraction of sp³-hybridized carbons (Fsp3) is 0.125. The number of hydrogen-bond donors (Lipinski definition) is 1. The molecular weight excluding hydrogens is 392 g/mol. The fourth-order valence-electron chi connectivity index (χ4n) is 3.12. The molecule has 0 aliphatic rings. The van der Waals surface area contributed by atoms with Crippen molar-refractivity contribution >= 4 is 23.3 Å². The standard InChI is InChI=1S/C24H22N4OS/c1-18-9-11-20(12-10-18)24(22-8-5-15-30-22)25-23(29)14-13-21-17-28(27-26-21)16-19-6-3-2-4-7-19/h2-15,17,24H,16H2,1H3,(H,25,29)/b14-13+. The summed E-state index contributed by atoms with van der Waals surface area (Å²) in [6, 6.07) is 22.1. The Balaban J connectivity index is 1.43. The van der Waals surface area contributed by atoms with Gasteiger partial charge in [-0.25, -0.2) is 4.68 Å². The number of rotatable bonds is 7. The number of aromatic nitrogens is 3. The van der Waals surface area contributed by atoms with Gasteiger partial charge in [-0.05, 0) is 35.6 Å². The van der Waals surface area contributed by atoms with Crippen molar-refractivity contribution in [3.8, 4) is 0 Å². The number of carbonyl (C=O) groups is 1. The number of amides is 1. The van der Waals surface area contributed by atoms with E-state index in [9.17, 15) is 4.79 Å². The molecule has 150 valence electrons. The molecule has 0 aliphatic carbocycles. The van der Waals surface area contributed by atoms with Crippen molar-refractivity contribution in [1.29, 1.82) is 0 Å². The minimum atomic E-state index is -0.184. The van der Waals surface area contributed by atoms with Crippen molar-refractivity contribution in [2.24, 2.45) is 0 Å². The highest BCUT2D eigenvalue weighted by atomic mass is 32.1. The van der Waals surface area contributed by atoms with E-state index in [1.165, 1.54) is 11.6 Å². The molecule has 1 N–H and O–H groups in total. The molecule has 1 unspecified atom stereocenters. The minimum Gasteiger partial charge on any atom is -0.341 e. The van der Waals surface area contributed by atoms with Gasteiger partial charge in [0, 0.05) is 11.0 Å². The first-order valence-electron chi connectivity index (χ1n) is 9.70. The van der Waals surface area contributed by atoms with E-state index < -0.39 is 0 Å². The highest BCUT2D eigenvalue weighted by molar-refractivity contribution is 7.10. The van der Waals surface area contributed by atoms with Crippen LogP contribution >= 0.6 is 11.3 Å². The maximum absolute atomic E-state index is 12.6. The summed E-state index contributed by atoms with van der Waals surface area (Å²) in [5.74, 6) is -0.174. The van der Waals surface area contributed by atoms with Crippen molar-refractivity contribution in [2.75, 3.05) is 0 Å². The lowest BCUT2D eigenvalue weighted by molar-refractivity contribution is -0.116. The van der Waals surface area contributed by atoms with Crippen LogP contribution < -0.4 is 5.32 Å². The summed E-state index contributed by atoms with van der Waals surface area (Å²) in [7, 11) is 0. The Bertz CT molecular complexity index is 1120. The number of nitrogens with one attached hydrogen (secondary N) is 1. The average Bonchev–Trinajstić information content (AvgIpc) is 3.44. The lowest BCUT2D eigenvalue weighted by Gasteiger charge is -2.17. The van der Waals surface area contributed by atoms with Gasteiger partial charge in [0.15, 0.2) is 0 Å². The van der Waals surface area contributed by atoms with Crippen molar-refractivity contribution in [3.05, 3.63) is 112 Å². The normalized spacial score (nSPS) is 12.2. The summed E-state index contributed by atoms with van der Waals surface area (Å²) in [6.45, 7) is 2.69. The third kappa shape index (κ3) is 5.10. The van der Waals surface area contributed by atoms with Crippen LogP contribution in [-0.4, -0.2) is 20.9 Å². The van der Waals surface area contributed by atoms with Gasteiger partial charge in [0.2, 0.25) is 5.91 Å². The summed E-state index contributed by atoms with van der Waals surface area (Å²) in [5, 5.41) is 13.4. The molecule has 4 aromatic rings. The topological polar surface area (TPSA) is 59.8 Å². The second kappa shape index (κ2) is 9.33. The smallest absolute Gasteiger partial charge is 0.244 e. The highest BCUT2D eigenvalue weighted by Crippen LogP contribution is 2.26. The molecule has 0 saturated carbocycles. The lowest BCUT2D eigenvalue weighted by atomic mass is 10.0. The molecule has 6 heteroatoms. The van der Waals surface area contributed by atoms with Gasteiger partial charge < -0.3 is 5.32 Å². The van der Waals surface area contributed by atoms with E-state index in [-0.39, 0.29) is 11.9 Å². The molecule has 0 aliphatic heterocycles. The van der Waals surface area contributed by atoms with Crippen LogP contribution in [0, 0.1) is 6.92 Å². The highest BCUT2D eigenvalue weighted by Gasteiger charge is 2.16. The maximum Gasteiger partial charge on any atom is 0.244 e. The zero-order valence-electron chi connectivity index (χ0n) is 16.6. The Morgan fingerprint density at radius 1 is 1.10 bits per heavy atom. The Labute approximate surface area is 179 Å². The maximum atomic E-state index is 12.6. The van der Waals surface area contributed by atoms with Crippen LogP contribution in [0.4, 0.5) is 0 Å². The summed E-state index contributed by atoms with van der Waals surface area (Å²) in [6.07, 6.45) is 5.02. The van der Waals surface area contributed by atoms with Gasteiger partial charge in [0.05, 0.1) is 18.8 Å². The van der Waals surface area contributed by atoms with E-state index in [0.29, 0.717) is 12.2 Å². The van der Waals surface area contributed by atoms with Crippen molar-refractivity contribution in [3.63, 3.8) is 0 Å². The van der Waals surface area contributed by atoms with Crippen LogP contribution in [0.1, 0.15) is 33.3 Å². The van der Waals surface area contributed by atoms with Gasteiger partial charge in [-0.15, -0.1) is 16.4 Å². The zero-order valence-corrected chi connectivity index (χ0v) is 17.4. The monoisotopic (exact) mass is 414 g/mol. The van der Waals surface area contributed by atoms with Gasteiger partial charge >= 0.3 is 0 Å². The Hall–Kier alpha value is -3.51. The number of carbonyl (C=O) groups excluding carboxylic acids is 1. The molecule has 1 atom stereocenters. The predicted molar refractivity (Wildman–Crippen MR) is 120 cm³/mol. The van der Waals surface area contributed by atoms with E-state index >= 15 is 0 Å². The molecule has 1 amide bonds. The van der Waals surface area contributed by atoms with Crippen LogP contribution in [-0.2, 0) is 11.3 Å². The first kappa shape index (κ1) is 19.8. The first-order chi connectivity index (χ1) is 14.7. The van der Waals surface area contributed by atoms with Gasteiger partial charge in [0.25, 0.3) is 0 Å². The van der Waals surface area contributed by atoms with E-state index in [2.05, 4.69) is 46.8 Å². The number of nitrogens with zero attached hydrogens (tertiary/aromatic N) is 3. The average molecular weight is 415 g/mol. The van der Waals surface area contributed by atoms with Crippen LogP contribution in [0.25, 0.3) is 6.08 Å². The number of benzene rings is 2. The molecule has 2 aromatic heterocycles. The Kier molecular flexibility index (Phi) is 6.15. The van der Waals surface area contributed by atoms with E-state index in [1.807, 2.05) is 54.0 Å². The molecule has 5 nitrogen and oxygen atoms in total. The van der Waals surface area contributed by atoms with Crippen molar-refractivity contribution in [2.45, 2.75) is 19.5 Å². The van der Waals surface area contributed by atoms with Gasteiger partial charge in [-0.1, -0.05) is 71.4 Å². The SMILES string of the molecule is Cc1ccc(C(NC(=O)/C=C/c2cn(Cc3ccccc3)nn2)c2cccs2)cc1. The number of thiophene rings is 1. The lowest BCUT2D eigenvalue weighted by Crippen LogP contribution is -2.27. The quantitative estimate of drug-likeness (QED) is 0.449. The fourth-order valence-corrected chi connectivity index (χ4v) is 3.92. The van der Waals surface area contributed by atoms with E-state index in [0.717, 1.165) is 16.0 Å². The van der Waals surface area contributed by atoms with Crippen LogP contribution in [0.3, 0.4) is 0 Å². The third-order valence-electron chi connectivity index (χ3n) is 4.67. The summed E-state index contributed by atoms with van der Waals surface area (Å²) >= 11 is 1.63. The molecule has 4 rings (SSSR count). The van der Waals surface area contributed by atoms with E-state index in [4.69, 9.17) is 0 Å². The van der Waals surface area contributed by atoms with Gasteiger partial charge in [0.1, 0.15) is 5.69 Å². The Morgan fingerprint density at radius 3 is 2.63 bits per heavy atom. The molecule has 2 heterocycles. The molecule has 0 radical (unpaired) electrons. The summed E-state index contributed by atoms with van der Waals surface area (Å²) in [4.78, 5) is 13.7. The minimum absolute atomic E-state index is 0.174. The molecule has 0 bridgehead atoms. The zero-order chi connectivity index (χ0) is 20.8. The largest absolute Gasteiger partial charge is 0.341 e. The molecule has 0 fully saturated rings. The molecular formula is C24H22N4OS.